The average Bonchev–Trinajstić information content (AvgIpc) is 3.55. The van der Waals surface area contributed by atoms with Crippen molar-refractivity contribution in [1.29, 1.82) is 0 Å². The Balaban J connectivity index is 1.31. The number of rotatable bonds is 4. The largest absolute Gasteiger partial charge is 0.471 e. The minimum Gasteiger partial charge on any atom is -0.338 e. The first-order valence-corrected chi connectivity index (χ1v) is 11.7. The number of carbonyl (C=O) groups is 1. The highest BCUT2D eigenvalue weighted by atomic mass is 32.1. The summed E-state index contributed by atoms with van der Waals surface area (Å²) in [5.41, 5.74) is 2.17. The predicted molar refractivity (Wildman–Crippen MR) is 120 cm³/mol. The van der Waals surface area contributed by atoms with Gasteiger partial charge in [0.25, 0.3) is 5.91 Å². The van der Waals surface area contributed by atoms with Crippen molar-refractivity contribution in [3.63, 3.8) is 0 Å². The van der Waals surface area contributed by atoms with Crippen LogP contribution in [0.3, 0.4) is 0 Å². The van der Waals surface area contributed by atoms with Crippen LogP contribution in [0.15, 0.2) is 58.4 Å². The first-order valence-electron chi connectivity index (χ1n) is 10.8. The number of benzene rings is 2. The van der Waals surface area contributed by atoms with Gasteiger partial charge in [0.2, 0.25) is 5.82 Å². The first kappa shape index (κ1) is 23.2. The maximum Gasteiger partial charge on any atom is 0.471 e. The highest BCUT2D eigenvalue weighted by Gasteiger charge is 2.38. The van der Waals surface area contributed by atoms with Gasteiger partial charge < -0.3 is 9.42 Å². The van der Waals surface area contributed by atoms with Crippen molar-refractivity contribution >= 4 is 17.2 Å². The average molecular weight is 502 g/mol. The lowest BCUT2D eigenvalue weighted by Gasteiger charge is -2.32. The van der Waals surface area contributed by atoms with Gasteiger partial charge in [0.15, 0.2) is 0 Å². The molecule has 6 nitrogen and oxygen atoms in total. The van der Waals surface area contributed by atoms with Gasteiger partial charge in [-0.1, -0.05) is 17.3 Å². The molecule has 2 aromatic heterocycles. The normalized spacial score (nSPS) is 16.5. The molecular formula is C24H18F4N4O2S. The fourth-order valence-electron chi connectivity index (χ4n) is 4.02. The summed E-state index contributed by atoms with van der Waals surface area (Å²) in [4.78, 5) is 23.0. The Morgan fingerprint density at radius 1 is 1.09 bits per heavy atom. The molecule has 2 aromatic carbocycles. The van der Waals surface area contributed by atoms with Crippen LogP contribution in [-0.4, -0.2) is 39.0 Å². The van der Waals surface area contributed by atoms with Crippen LogP contribution in [0.2, 0.25) is 0 Å². The number of halogens is 4. The topological polar surface area (TPSA) is 72.1 Å². The molecule has 0 aliphatic carbocycles. The van der Waals surface area contributed by atoms with E-state index >= 15 is 0 Å². The van der Waals surface area contributed by atoms with Gasteiger partial charge in [-0.15, -0.1) is 11.3 Å². The van der Waals surface area contributed by atoms with Gasteiger partial charge in [-0.3, -0.25) is 4.79 Å². The van der Waals surface area contributed by atoms with Crippen LogP contribution in [0.4, 0.5) is 17.6 Å². The molecule has 4 aromatic rings. The zero-order chi connectivity index (χ0) is 24.6. The number of aromatic nitrogens is 3. The van der Waals surface area contributed by atoms with Gasteiger partial charge in [-0.25, -0.2) is 9.37 Å². The molecule has 0 radical (unpaired) electrons. The number of nitrogens with zero attached hydrogens (tertiary/aromatic N) is 4. The molecule has 35 heavy (non-hydrogen) atoms. The molecule has 5 rings (SSSR count). The summed E-state index contributed by atoms with van der Waals surface area (Å²) in [5.74, 6) is -2.16. The van der Waals surface area contributed by atoms with Crippen LogP contribution in [-0.2, 0) is 6.18 Å². The first-order chi connectivity index (χ1) is 16.8. The molecule has 1 aliphatic rings. The van der Waals surface area contributed by atoms with E-state index in [2.05, 4.69) is 14.7 Å². The van der Waals surface area contributed by atoms with Crippen molar-refractivity contribution in [2.24, 2.45) is 0 Å². The van der Waals surface area contributed by atoms with E-state index in [1.165, 1.54) is 35.6 Å². The Labute approximate surface area is 201 Å². The fraction of sp³-hybridized carbons (Fsp3) is 0.250. The molecule has 0 bridgehead atoms. The van der Waals surface area contributed by atoms with Crippen molar-refractivity contribution in [3.05, 3.63) is 76.2 Å². The molecule has 1 atom stereocenters. The summed E-state index contributed by atoms with van der Waals surface area (Å²) in [6.45, 7) is 1.04. The van der Waals surface area contributed by atoms with E-state index in [4.69, 9.17) is 4.98 Å². The molecule has 3 heterocycles. The highest BCUT2D eigenvalue weighted by Crippen LogP contribution is 2.33. The zero-order valence-corrected chi connectivity index (χ0v) is 18.9. The summed E-state index contributed by atoms with van der Waals surface area (Å²) in [7, 11) is 0. The number of likely N-dealkylation sites (tertiary alicyclic amines) is 1. The van der Waals surface area contributed by atoms with E-state index in [-0.39, 0.29) is 29.0 Å². The van der Waals surface area contributed by atoms with Gasteiger partial charge >= 0.3 is 12.1 Å². The Kier molecular flexibility index (Phi) is 6.10. The van der Waals surface area contributed by atoms with Crippen LogP contribution in [0.25, 0.3) is 22.6 Å². The van der Waals surface area contributed by atoms with Crippen molar-refractivity contribution in [2.45, 2.75) is 24.9 Å². The quantitative estimate of drug-likeness (QED) is 0.318. The molecule has 0 N–H and O–H groups in total. The second-order valence-electron chi connectivity index (χ2n) is 8.17. The van der Waals surface area contributed by atoms with Crippen molar-refractivity contribution in [1.82, 2.24) is 20.0 Å². The highest BCUT2D eigenvalue weighted by molar-refractivity contribution is 7.10. The third kappa shape index (κ3) is 4.95. The SMILES string of the molecule is O=C(c1cccc(-c2noc(C(F)(F)F)n2)c1)N1CCCC(c2nc(-c3ccc(F)cc3)cs2)C1. The van der Waals surface area contributed by atoms with Crippen LogP contribution >= 0.6 is 11.3 Å². The van der Waals surface area contributed by atoms with E-state index in [1.807, 2.05) is 5.38 Å². The van der Waals surface area contributed by atoms with E-state index in [1.54, 1.807) is 29.2 Å². The summed E-state index contributed by atoms with van der Waals surface area (Å²) in [5, 5.41) is 6.22. The Hall–Kier alpha value is -3.60. The second-order valence-corrected chi connectivity index (χ2v) is 9.06. The Bertz CT molecular complexity index is 1350. The number of alkyl halides is 3. The maximum absolute atomic E-state index is 13.2. The Morgan fingerprint density at radius 3 is 2.63 bits per heavy atom. The van der Waals surface area contributed by atoms with E-state index < -0.39 is 12.1 Å². The second kappa shape index (κ2) is 9.21. The van der Waals surface area contributed by atoms with Gasteiger partial charge in [0.1, 0.15) is 5.82 Å². The monoisotopic (exact) mass is 502 g/mol. The molecular weight excluding hydrogens is 484 g/mol. The number of thiazole rings is 1. The number of hydrogen-bond acceptors (Lipinski definition) is 6. The molecule has 11 heteroatoms. The molecule has 0 saturated carbocycles. The van der Waals surface area contributed by atoms with Crippen molar-refractivity contribution in [3.8, 4) is 22.6 Å². The Morgan fingerprint density at radius 2 is 1.89 bits per heavy atom. The molecule has 1 unspecified atom stereocenters. The maximum atomic E-state index is 13.2. The van der Waals surface area contributed by atoms with Gasteiger partial charge in [-0.05, 0) is 49.2 Å². The van der Waals surface area contributed by atoms with Crippen molar-refractivity contribution < 1.29 is 26.9 Å². The lowest BCUT2D eigenvalue weighted by atomic mass is 9.97. The lowest BCUT2D eigenvalue weighted by Crippen LogP contribution is -2.39. The van der Waals surface area contributed by atoms with Crippen molar-refractivity contribution in [2.75, 3.05) is 13.1 Å². The van der Waals surface area contributed by atoms with Gasteiger partial charge in [0, 0.05) is 41.1 Å². The number of piperidine rings is 1. The molecule has 180 valence electrons. The standard InChI is InChI=1S/C24H18F4N4O2S/c25-18-8-6-14(7-9-18)19-13-35-21(29-19)17-5-2-10-32(12-17)22(33)16-4-1-3-15(11-16)20-30-23(34-31-20)24(26,27)28/h1,3-4,6-9,11,13,17H,2,5,10,12H2. The molecule has 0 spiro atoms. The fourth-order valence-corrected chi connectivity index (χ4v) is 4.98. The van der Waals surface area contributed by atoms with Gasteiger partial charge in [-0.2, -0.15) is 18.2 Å². The smallest absolute Gasteiger partial charge is 0.338 e. The summed E-state index contributed by atoms with van der Waals surface area (Å²) in [6.07, 6.45) is -3.07. The number of hydrogen-bond donors (Lipinski definition) is 0. The van der Waals surface area contributed by atoms with E-state index in [0.29, 0.717) is 18.7 Å². The number of amides is 1. The lowest BCUT2D eigenvalue weighted by molar-refractivity contribution is -0.159. The molecule has 1 saturated heterocycles. The van der Waals surface area contributed by atoms with Crippen LogP contribution in [0.5, 0.6) is 0 Å². The predicted octanol–water partition coefficient (Wildman–Crippen LogP) is 6.04. The molecule has 1 aliphatic heterocycles. The van der Waals surface area contributed by atoms with E-state index in [9.17, 15) is 22.4 Å². The molecule has 1 amide bonds. The summed E-state index contributed by atoms with van der Waals surface area (Å²) >= 11 is 1.51. The minimum absolute atomic E-state index is 0.0571. The molecule has 1 fully saturated rings. The summed E-state index contributed by atoms with van der Waals surface area (Å²) < 4.78 is 55.9. The van der Waals surface area contributed by atoms with E-state index in [0.717, 1.165) is 29.1 Å². The van der Waals surface area contributed by atoms with Gasteiger partial charge in [0.05, 0.1) is 10.7 Å². The third-order valence-electron chi connectivity index (χ3n) is 5.76. The summed E-state index contributed by atoms with van der Waals surface area (Å²) in [6, 6.07) is 12.3. The van der Waals surface area contributed by atoms with Crippen LogP contribution in [0, 0.1) is 5.82 Å². The zero-order valence-electron chi connectivity index (χ0n) is 18.1. The minimum atomic E-state index is -4.74. The third-order valence-corrected chi connectivity index (χ3v) is 6.76. The van der Waals surface area contributed by atoms with Crippen LogP contribution < -0.4 is 0 Å². The van der Waals surface area contributed by atoms with Crippen LogP contribution in [0.1, 0.15) is 40.0 Å². The number of carbonyl (C=O) groups excluding carboxylic acids is 1.